The highest BCUT2D eigenvalue weighted by molar-refractivity contribution is 7.89. The summed E-state index contributed by atoms with van der Waals surface area (Å²) in [6, 6.07) is 7.42. The van der Waals surface area contributed by atoms with Gasteiger partial charge in [-0.1, -0.05) is 35.9 Å². The molecule has 1 atom stereocenters. The summed E-state index contributed by atoms with van der Waals surface area (Å²) in [7, 11) is -4.45. The first-order chi connectivity index (χ1) is 14.3. The predicted molar refractivity (Wildman–Crippen MR) is 113 cm³/mol. The van der Waals surface area contributed by atoms with E-state index in [0.717, 1.165) is 5.56 Å². The van der Waals surface area contributed by atoms with E-state index in [1.54, 1.807) is 57.2 Å². The molecule has 0 amide bonds. The number of alkyl halides is 3. The lowest BCUT2D eigenvalue weighted by molar-refractivity contribution is -0.154. The molecule has 1 aromatic heterocycles. The predicted octanol–water partition coefficient (Wildman–Crippen LogP) is 4.68. The van der Waals surface area contributed by atoms with Crippen LogP contribution in [-0.4, -0.2) is 31.0 Å². The van der Waals surface area contributed by atoms with E-state index in [4.69, 9.17) is 0 Å². The van der Waals surface area contributed by atoms with Gasteiger partial charge in [0.05, 0.1) is 4.90 Å². The lowest BCUT2D eigenvalue weighted by Crippen LogP contribution is -2.48. The van der Waals surface area contributed by atoms with E-state index >= 15 is 0 Å². The minimum absolute atomic E-state index is 0.158. The van der Waals surface area contributed by atoms with E-state index in [2.05, 4.69) is 0 Å². The molecular formula is C22H23F3N2O3S. The first kappa shape index (κ1) is 23.0. The molecule has 0 bridgehead atoms. The Morgan fingerprint density at radius 3 is 2.23 bits per heavy atom. The average Bonchev–Trinajstić information content (AvgIpc) is 2.98. The molecule has 0 saturated heterocycles. The van der Waals surface area contributed by atoms with Crippen molar-refractivity contribution >= 4 is 26.7 Å². The normalized spacial score (nSPS) is 13.5. The molecular weight excluding hydrogens is 429 g/mol. The molecule has 166 valence electrons. The van der Waals surface area contributed by atoms with E-state index in [-0.39, 0.29) is 16.2 Å². The number of hydrogen-bond acceptors (Lipinski definition) is 3. The van der Waals surface area contributed by atoms with Gasteiger partial charge in [0.25, 0.3) is 0 Å². The van der Waals surface area contributed by atoms with Gasteiger partial charge in [-0.2, -0.15) is 17.9 Å². The number of para-hydroxylation sites is 1. The largest absolute Gasteiger partial charge is 0.406 e. The molecule has 0 aliphatic carbocycles. The Labute approximate surface area is 178 Å². The number of benzene rings is 2. The number of Topliss-reactive ketones (excluding diaryl/α,β-unsaturated/α-hetero) is 1. The maximum Gasteiger partial charge on any atom is 0.406 e. The Morgan fingerprint density at radius 2 is 1.68 bits per heavy atom. The Hall–Kier alpha value is -2.65. The second-order valence-corrected chi connectivity index (χ2v) is 9.36. The van der Waals surface area contributed by atoms with Crippen molar-refractivity contribution in [2.45, 2.75) is 51.4 Å². The number of carbonyl (C=O) groups excluding carboxylic acids is 1. The highest BCUT2D eigenvalue weighted by Crippen LogP contribution is 2.29. The molecule has 0 radical (unpaired) electrons. The molecule has 3 rings (SSSR count). The fourth-order valence-corrected chi connectivity index (χ4v) is 5.59. The molecule has 0 spiro atoms. The van der Waals surface area contributed by atoms with Gasteiger partial charge in [-0.15, -0.1) is 0 Å². The Bertz CT molecular complexity index is 1240. The average molecular weight is 452 g/mol. The Balaban J connectivity index is 2.04. The van der Waals surface area contributed by atoms with E-state index in [1.807, 2.05) is 4.72 Å². The zero-order valence-corrected chi connectivity index (χ0v) is 18.4. The zero-order valence-electron chi connectivity index (χ0n) is 17.5. The van der Waals surface area contributed by atoms with Gasteiger partial charge in [0.15, 0.2) is 5.78 Å². The van der Waals surface area contributed by atoms with Gasteiger partial charge >= 0.3 is 6.18 Å². The number of fused-ring (bicyclic) bond motifs is 1. The number of aromatic nitrogens is 1. The number of nitrogens with zero attached hydrogens (tertiary/aromatic N) is 1. The van der Waals surface area contributed by atoms with Crippen molar-refractivity contribution in [1.82, 2.24) is 9.29 Å². The number of sulfonamides is 1. The van der Waals surface area contributed by atoms with Crippen LogP contribution in [-0.2, 0) is 16.6 Å². The van der Waals surface area contributed by atoms with Crippen LogP contribution in [0, 0.1) is 20.8 Å². The SMILES string of the molecule is CC(=O)c1cn(CC(NS(=O)(=O)c2c(C)cc(C)cc2C)C(F)(F)F)c2ccccc12. The maximum absolute atomic E-state index is 13.9. The van der Waals surface area contributed by atoms with Gasteiger partial charge in [-0.05, 0) is 44.9 Å². The first-order valence-corrected chi connectivity index (χ1v) is 11.1. The van der Waals surface area contributed by atoms with Crippen LogP contribution in [0.15, 0.2) is 47.5 Å². The van der Waals surface area contributed by atoms with E-state index in [1.165, 1.54) is 17.7 Å². The summed E-state index contributed by atoms with van der Waals surface area (Å²) in [5.74, 6) is -0.287. The van der Waals surface area contributed by atoms with Crippen LogP contribution >= 0.6 is 0 Å². The maximum atomic E-state index is 13.9. The van der Waals surface area contributed by atoms with Gasteiger partial charge in [0, 0.05) is 29.2 Å². The number of hydrogen-bond donors (Lipinski definition) is 1. The second kappa shape index (κ2) is 8.12. The summed E-state index contributed by atoms with van der Waals surface area (Å²) < 4.78 is 70.6. The standard InChI is InChI=1S/C22H23F3N2O3S/c1-13-9-14(2)21(15(3)10-13)31(29,30)26-20(22(23,24)25)12-27-11-18(16(4)28)17-7-5-6-8-19(17)27/h5-11,20,26H,12H2,1-4H3. The minimum atomic E-state index is -4.85. The Morgan fingerprint density at radius 1 is 1.10 bits per heavy atom. The van der Waals surface area contributed by atoms with Crippen LogP contribution in [0.2, 0.25) is 0 Å². The summed E-state index contributed by atoms with van der Waals surface area (Å²) in [6.45, 7) is 5.51. The highest BCUT2D eigenvalue weighted by Gasteiger charge is 2.43. The van der Waals surface area contributed by atoms with Crippen molar-refractivity contribution in [3.63, 3.8) is 0 Å². The van der Waals surface area contributed by atoms with Crippen molar-refractivity contribution in [3.05, 3.63) is 64.8 Å². The summed E-state index contributed by atoms with van der Waals surface area (Å²) in [6.07, 6.45) is -3.51. The van der Waals surface area contributed by atoms with Crippen molar-refractivity contribution in [2.24, 2.45) is 0 Å². The van der Waals surface area contributed by atoms with Gasteiger partial charge in [-0.3, -0.25) is 4.79 Å². The van der Waals surface area contributed by atoms with E-state index < -0.39 is 28.8 Å². The van der Waals surface area contributed by atoms with Gasteiger partial charge in [0.2, 0.25) is 10.0 Å². The van der Waals surface area contributed by atoms with Gasteiger partial charge in [0.1, 0.15) is 6.04 Å². The second-order valence-electron chi connectivity index (χ2n) is 7.71. The summed E-state index contributed by atoms with van der Waals surface area (Å²) in [5.41, 5.74) is 2.26. The third kappa shape index (κ3) is 4.67. The van der Waals surface area contributed by atoms with Crippen molar-refractivity contribution in [1.29, 1.82) is 0 Å². The smallest absolute Gasteiger partial charge is 0.345 e. The summed E-state index contributed by atoms with van der Waals surface area (Å²) in [5, 5.41) is 0.518. The molecule has 0 fully saturated rings. The van der Waals surface area contributed by atoms with Crippen LogP contribution < -0.4 is 4.72 Å². The molecule has 5 nitrogen and oxygen atoms in total. The van der Waals surface area contributed by atoms with E-state index in [9.17, 15) is 26.4 Å². The number of aryl methyl sites for hydroxylation is 3. The number of ketones is 1. The van der Waals surface area contributed by atoms with Crippen LogP contribution in [0.5, 0.6) is 0 Å². The van der Waals surface area contributed by atoms with Crippen molar-refractivity contribution < 1.29 is 26.4 Å². The van der Waals surface area contributed by atoms with Crippen LogP contribution in [0.25, 0.3) is 10.9 Å². The minimum Gasteiger partial charge on any atom is -0.345 e. The molecule has 1 N–H and O–H groups in total. The van der Waals surface area contributed by atoms with Gasteiger partial charge in [-0.25, -0.2) is 8.42 Å². The molecule has 1 heterocycles. The summed E-state index contributed by atoms with van der Waals surface area (Å²) in [4.78, 5) is 11.8. The fraction of sp³-hybridized carbons (Fsp3) is 0.318. The number of rotatable bonds is 6. The van der Waals surface area contributed by atoms with Crippen LogP contribution in [0.1, 0.15) is 34.0 Å². The molecule has 0 aliphatic rings. The fourth-order valence-electron chi connectivity index (χ4n) is 3.92. The summed E-state index contributed by atoms with van der Waals surface area (Å²) >= 11 is 0. The van der Waals surface area contributed by atoms with Crippen LogP contribution in [0.4, 0.5) is 13.2 Å². The quantitative estimate of drug-likeness (QED) is 0.553. The molecule has 0 aliphatic heterocycles. The number of nitrogens with one attached hydrogen (secondary N) is 1. The number of halogens is 3. The van der Waals surface area contributed by atoms with Crippen molar-refractivity contribution in [2.75, 3.05) is 0 Å². The zero-order chi connectivity index (χ0) is 23.1. The third-order valence-corrected chi connectivity index (χ3v) is 6.89. The van der Waals surface area contributed by atoms with Crippen molar-refractivity contribution in [3.8, 4) is 0 Å². The van der Waals surface area contributed by atoms with E-state index in [0.29, 0.717) is 22.0 Å². The molecule has 2 aromatic carbocycles. The molecule has 1 unspecified atom stereocenters. The van der Waals surface area contributed by atoms with Crippen LogP contribution in [0.3, 0.4) is 0 Å². The first-order valence-electron chi connectivity index (χ1n) is 9.57. The molecule has 31 heavy (non-hydrogen) atoms. The highest BCUT2D eigenvalue weighted by atomic mass is 32.2. The molecule has 9 heteroatoms. The third-order valence-electron chi connectivity index (χ3n) is 5.11. The monoisotopic (exact) mass is 452 g/mol. The molecule has 0 saturated carbocycles. The lowest BCUT2D eigenvalue weighted by atomic mass is 10.1. The topological polar surface area (TPSA) is 68.2 Å². The Kier molecular flexibility index (Phi) is 6.03. The lowest BCUT2D eigenvalue weighted by Gasteiger charge is -2.24. The van der Waals surface area contributed by atoms with Gasteiger partial charge < -0.3 is 4.57 Å². The number of carbonyl (C=O) groups is 1. The molecule has 3 aromatic rings.